The van der Waals surface area contributed by atoms with Gasteiger partial charge in [0.15, 0.2) is 34.8 Å². The van der Waals surface area contributed by atoms with Crippen molar-refractivity contribution in [2.24, 2.45) is 5.41 Å². The summed E-state index contributed by atoms with van der Waals surface area (Å²) in [7, 11) is -3.75. The van der Waals surface area contributed by atoms with Crippen LogP contribution in [-0.4, -0.2) is 132 Å². The number of methoxy groups -OCH3 is 1. The molecule has 3 aliphatic rings. The van der Waals surface area contributed by atoms with Crippen LogP contribution < -0.4 is 17.0 Å². The van der Waals surface area contributed by atoms with E-state index in [0.29, 0.717) is 11.4 Å². The Morgan fingerprint density at radius 3 is 2.41 bits per heavy atom. The molecule has 30 heteroatoms. The minimum absolute atomic E-state index is 0.0611. The number of aliphatic hydroxyl groups excluding tert-OH is 1. The molecule has 7 rings (SSSR count). The highest BCUT2D eigenvalue weighted by Crippen LogP contribution is 2.66. The standard InChI is InChI=1S/C33H46N10O17P2S/c1-15(2)56-31(46)51-13-55-61(48)54-9-33(5)7-17(42-11-38-19-25(34)36-10-37-26(19)42)21(44)24(33)60-62(49,63-14-52-32(47)57-16(3)4)53-8-18-22(50-6)23(59-61)29(58-18)43-12-39-20-27(43)40-30(35)41-28(20)45/h10-12,15-18,21-24,29,44H,7-9,13-14H2,1-6H3,(H2,34,36,37)(H3,35,40,41,45)/t17-,18-,21+,22-,23-,24+,29-,33-,61+,62-/m1/s1. The summed E-state index contributed by atoms with van der Waals surface area (Å²) in [5.74, 6) is -0.811. The van der Waals surface area contributed by atoms with Gasteiger partial charge in [-0.2, -0.15) is 4.98 Å². The van der Waals surface area contributed by atoms with Gasteiger partial charge in [0, 0.05) is 23.9 Å². The molecule has 10 atom stereocenters. The van der Waals surface area contributed by atoms with E-state index in [2.05, 4.69) is 29.9 Å². The van der Waals surface area contributed by atoms with Crippen LogP contribution in [0, 0.1) is 5.41 Å². The molecule has 0 spiro atoms. The van der Waals surface area contributed by atoms with Crippen LogP contribution in [0.3, 0.4) is 0 Å². The molecule has 1 aliphatic carbocycles. The second kappa shape index (κ2) is 18.6. The first-order chi connectivity index (χ1) is 29.8. The molecule has 1 saturated carbocycles. The van der Waals surface area contributed by atoms with E-state index in [0.717, 1.165) is 0 Å². The van der Waals surface area contributed by atoms with Crippen molar-refractivity contribution < 1.29 is 74.9 Å². The van der Waals surface area contributed by atoms with E-state index in [9.17, 15) is 19.5 Å². The zero-order valence-corrected chi connectivity index (χ0v) is 37.1. The van der Waals surface area contributed by atoms with Gasteiger partial charge in [-0.3, -0.25) is 32.4 Å². The number of hydrogen-bond donors (Lipinski definition) is 4. The lowest BCUT2D eigenvalue weighted by Crippen LogP contribution is -2.39. The summed E-state index contributed by atoms with van der Waals surface area (Å²) >= 11 is 0.455. The van der Waals surface area contributed by atoms with E-state index >= 15 is 9.13 Å². The van der Waals surface area contributed by atoms with E-state index in [1.807, 2.05) is 0 Å². The highest BCUT2D eigenvalue weighted by molar-refractivity contribution is 8.55. The topological polar surface area (TPSA) is 349 Å². The third-order valence-electron chi connectivity index (χ3n) is 9.98. The Balaban J connectivity index is 1.30. The zero-order valence-electron chi connectivity index (χ0n) is 34.5. The number of nitrogens with zero attached hydrogens (tertiary/aromatic N) is 7. The maximum atomic E-state index is 15.0. The number of carbonyl (C=O) groups excluding carboxylic acids is 2. The summed E-state index contributed by atoms with van der Waals surface area (Å²) in [4.78, 5) is 60.7. The van der Waals surface area contributed by atoms with Crippen LogP contribution in [-0.2, 0) is 60.2 Å². The molecular weight excluding hydrogens is 902 g/mol. The number of hydrogen-bond acceptors (Lipinski definition) is 25. The number of nitrogen functional groups attached to an aromatic ring is 2. The van der Waals surface area contributed by atoms with Crippen molar-refractivity contribution in [1.82, 2.24) is 39.0 Å². The van der Waals surface area contributed by atoms with Crippen molar-refractivity contribution in [3.05, 3.63) is 29.3 Å². The molecule has 27 nitrogen and oxygen atoms in total. The normalized spacial score (nSPS) is 31.3. The minimum Gasteiger partial charge on any atom is -0.432 e. The number of fused-ring (bicyclic) bond motifs is 5. The van der Waals surface area contributed by atoms with Crippen molar-refractivity contribution in [3.63, 3.8) is 0 Å². The summed E-state index contributed by atoms with van der Waals surface area (Å²) in [5, 5.41) is 12.1. The van der Waals surface area contributed by atoms with Gasteiger partial charge in [-0.15, -0.1) is 0 Å². The molecule has 2 bridgehead atoms. The average Bonchev–Trinajstić information content (AvgIpc) is 3.96. The monoisotopic (exact) mass is 948 g/mol. The van der Waals surface area contributed by atoms with Crippen molar-refractivity contribution in [1.29, 1.82) is 0 Å². The third kappa shape index (κ3) is 9.95. The highest BCUT2D eigenvalue weighted by atomic mass is 32.7. The molecule has 4 aromatic rings. The quantitative estimate of drug-likeness (QED) is 0.0952. The molecule has 0 radical (unpaired) electrons. The van der Waals surface area contributed by atoms with Crippen molar-refractivity contribution in [2.75, 3.05) is 44.5 Å². The number of H-pyrrole nitrogens is 1. The molecule has 0 unspecified atom stereocenters. The van der Waals surface area contributed by atoms with E-state index in [1.54, 1.807) is 34.6 Å². The SMILES string of the molecule is CO[C@H]1[C@H]2O[P@](=O)(OCOC(=O)OC(C)C)OC[C@@]3(C)C[C@@H](n4cnc5c(N)ncnc54)[C@H](O)[C@@H]3O[P@](=O)(SCOC(=O)OC(C)C)OC[C@H]1O[C@H]2n1cnc2c(=O)[nH]c(N)nc21. The zero-order chi connectivity index (χ0) is 45.4. The first-order valence-corrected chi connectivity index (χ1v) is 23.8. The smallest absolute Gasteiger partial charge is 0.432 e. The van der Waals surface area contributed by atoms with E-state index < -0.39 is 119 Å². The predicted octanol–water partition coefficient (Wildman–Crippen LogP) is 3.17. The first kappa shape index (κ1) is 46.5. The maximum Gasteiger partial charge on any atom is 0.510 e. The number of carbonyl (C=O) groups is 2. The highest BCUT2D eigenvalue weighted by Gasteiger charge is 2.58. The van der Waals surface area contributed by atoms with Gasteiger partial charge in [0.05, 0.1) is 44.1 Å². The number of phosphoric acid groups is 1. The average molecular weight is 949 g/mol. The van der Waals surface area contributed by atoms with Gasteiger partial charge in [0.2, 0.25) is 12.7 Å². The fourth-order valence-corrected chi connectivity index (χ4v) is 11.5. The Morgan fingerprint density at radius 2 is 1.70 bits per heavy atom. The van der Waals surface area contributed by atoms with Gasteiger partial charge in [-0.05, 0) is 34.1 Å². The molecule has 63 heavy (non-hydrogen) atoms. The lowest BCUT2D eigenvalue weighted by Gasteiger charge is -2.35. The molecule has 0 amide bonds. The number of ether oxygens (including phenoxy) is 6. The van der Waals surface area contributed by atoms with Crippen molar-refractivity contribution in [2.45, 2.75) is 96.0 Å². The summed E-state index contributed by atoms with van der Waals surface area (Å²) in [5.41, 5.74) is 10.0. The molecule has 3 fully saturated rings. The van der Waals surface area contributed by atoms with E-state index in [4.69, 9.17) is 62.5 Å². The Kier molecular flexibility index (Phi) is 13.7. The summed E-state index contributed by atoms with van der Waals surface area (Å²) in [6.07, 6.45) is -8.14. The summed E-state index contributed by atoms with van der Waals surface area (Å²) in [6, 6.07) is -0.943. The Bertz CT molecular complexity index is 2470. The number of aliphatic hydroxyl groups is 1. The largest absolute Gasteiger partial charge is 0.510 e. The van der Waals surface area contributed by atoms with Gasteiger partial charge in [0.1, 0.15) is 42.4 Å². The molecule has 2 saturated heterocycles. The Labute approximate surface area is 360 Å². The predicted molar refractivity (Wildman–Crippen MR) is 215 cm³/mol. The first-order valence-electron chi connectivity index (χ1n) is 19.2. The van der Waals surface area contributed by atoms with Gasteiger partial charge in [-0.1, -0.05) is 6.92 Å². The molecule has 2 aliphatic heterocycles. The lowest BCUT2D eigenvalue weighted by atomic mass is 9.87. The van der Waals surface area contributed by atoms with Gasteiger partial charge < -0.3 is 49.6 Å². The van der Waals surface area contributed by atoms with Crippen molar-refractivity contribution in [3.8, 4) is 0 Å². The van der Waals surface area contributed by atoms with Crippen LogP contribution in [0.5, 0.6) is 0 Å². The van der Waals surface area contributed by atoms with Crippen LogP contribution in [0.1, 0.15) is 53.3 Å². The lowest BCUT2D eigenvalue weighted by molar-refractivity contribution is -0.0733. The number of nitrogens with one attached hydrogen (secondary N) is 1. The van der Waals surface area contributed by atoms with Crippen LogP contribution >= 0.6 is 26.0 Å². The van der Waals surface area contributed by atoms with Gasteiger partial charge >= 0.3 is 26.9 Å². The van der Waals surface area contributed by atoms with Gasteiger partial charge in [-0.25, -0.2) is 43.2 Å². The molecule has 346 valence electrons. The molecule has 6 N–H and O–H groups in total. The van der Waals surface area contributed by atoms with E-state index in [1.165, 1.54) is 35.2 Å². The number of imidazole rings is 2. The fraction of sp³-hybridized carbons (Fsp3) is 0.636. The second-order valence-electron chi connectivity index (χ2n) is 15.2. The Hall–Kier alpha value is -4.47. The number of nitrogens with two attached hydrogens (primary N) is 2. The molecule has 4 aromatic heterocycles. The fourth-order valence-electron chi connectivity index (χ4n) is 7.23. The molecule has 6 heterocycles. The molecular formula is C33H46N10O17P2S. The summed E-state index contributed by atoms with van der Waals surface area (Å²) < 4.78 is 95.4. The number of anilines is 2. The summed E-state index contributed by atoms with van der Waals surface area (Å²) in [6.45, 7) is 1.10. The number of aromatic amines is 1. The number of aromatic nitrogens is 8. The van der Waals surface area contributed by atoms with Crippen LogP contribution in [0.15, 0.2) is 23.8 Å². The van der Waals surface area contributed by atoms with Gasteiger partial charge in [0.25, 0.3) is 5.56 Å². The van der Waals surface area contributed by atoms with Crippen LogP contribution in [0.25, 0.3) is 22.3 Å². The Morgan fingerprint density at radius 1 is 1.00 bits per heavy atom. The van der Waals surface area contributed by atoms with E-state index in [-0.39, 0.29) is 40.5 Å². The van der Waals surface area contributed by atoms with Crippen LogP contribution in [0.2, 0.25) is 0 Å². The minimum atomic E-state index is -5.01. The third-order valence-corrected chi connectivity index (χ3v) is 14.7. The number of phosphoric ester groups is 1. The number of rotatable bonds is 11. The van der Waals surface area contributed by atoms with Crippen molar-refractivity contribution >= 4 is 72.4 Å². The molecule has 0 aromatic carbocycles. The maximum absolute atomic E-state index is 15.0. The second-order valence-corrected chi connectivity index (χ2v) is 20.8. The van der Waals surface area contributed by atoms with Crippen LogP contribution in [0.4, 0.5) is 21.4 Å².